The highest BCUT2D eigenvalue weighted by molar-refractivity contribution is 5.94. The Kier molecular flexibility index (Phi) is 14.1. The third-order valence-corrected chi connectivity index (χ3v) is 11.3. The van der Waals surface area contributed by atoms with Crippen molar-refractivity contribution < 1.29 is 9.53 Å². The second-order valence-corrected chi connectivity index (χ2v) is 15.5. The van der Waals surface area contributed by atoms with E-state index < -0.39 is 0 Å². The average molecular weight is 696 g/mol. The van der Waals surface area contributed by atoms with Crippen LogP contribution in [0, 0.1) is 11.8 Å². The molecule has 1 N–H and O–H groups in total. The second-order valence-electron chi connectivity index (χ2n) is 15.5. The van der Waals surface area contributed by atoms with Gasteiger partial charge in [0.15, 0.2) is 0 Å². The van der Waals surface area contributed by atoms with Gasteiger partial charge in [-0.25, -0.2) is 9.97 Å². The van der Waals surface area contributed by atoms with E-state index in [0.29, 0.717) is 0 Å². The summed E-state index contributed by atoms with van der Waals surface area (Å²) in [5.74, 6) is 3.56. The fourth-order valence-corrected chi connectivity index (χ4v) is 8.05. The fraction of sp³-hybridized carbons (Fsp3) is 0.595. The number of nitrogens with zero attached hydrogens (tertiary/aromatic N) is 6. The van der Waals surface area contributed by atoms with E-state index in [1.165, 1.54) is 82.3 Å². The molecule has 3 fully saturated rings. The van der Waals surface area contributed by atoms with Gasteiger partial charge in [0.2, 0.25) is 5.95 Å². The minimum atomic E-state index is 0.0287. The van der Waals surface area contributed by atoms with Gasteiger partial charge in [0.25, 0.3) is 5.91 Å². The Hall–Kier alpha value is -3.53. The van der Waals surface area contributed by atoms with Crippen LogP contribution in [0.1, 0.15) is 85.7 Å². The molecule has 1 aromatic heterocycles. The van der Waals surface area contributed by atoms with E-state index in [0.717, 1.165) is 87.7 Å². The van der Waals surface area contributed by atoms with Crippen LogP contribution < -0.4 is 15.0 Å². The number of carbonyl (C=O) groups is 1. The third kappa shape index (κ3) is 12.0. The van der Waals surface area contributed by atoms with Gasteiger partial charge in [-0.15, -0.1) is 0 Å². The zero-order valence-electron chi connectivity index (χ0n) is 31.2. The predicted octanol–water partition coefficient (Wildman–Crippen LogP) is 6.50. The van der Waals surface area contributed by atoms with Gasteiger partial charge in [-0.3, -0.25) is 14.6 Å². The number of ether oxygens (including phenoxy) is 1. The molecule has 3 aliphatic rings. The van der Waals surface area contributed by atoms with Crippen molar-refractivity contribution in [3.05, 3.63) is 83.7 Å². The van der Waals surface area contributed by atoms with Crippen molar-refractivity contribution >= 4 is 11.9 Å². The first kappa shape index (κ1) is 37.2. The lowest BCUT2D eigenvalue weighted by Gasteiger charge is -2.34. The van der Waals surface area contributed by atoms with Crippen molar-refractivity contribution in [1.82, 2.24) is 30.0 Å². The molecular formula is C42H61N7O2. The molecule has 0 radical (unpaired) electrons. The molecule has 9 nitrogen and oxygen atoms in total. The number of anilines is 1. The molecule has 276 valence electrons. The van der Waals surface area contributed by atoms with Gasteiger partial charge in [-0.05, 0) is 139 Å². The van der Waals surface area contributed by atoms with Crippen molar-refractivity contribution in [2.45, 2.75) is 83.3 Å². The summed E-state index contributed by atoms with van der Waals surface area (Å²) in [4.78, 5) is 31.3. The highest BCUT2D eigenvalue weighted by Crippen LogP contribution is 2.28. The van der Waals surface area contributed by atoms with E-state index in [1.807, 2.05) is 18.2 Å². The van der Waals surface area contributed by atoms with E-state index in [-0.39, 0.29) is 11.9 Å². The summed E-state index contributed by atoms with van der Waals surface area (Å²) in [5, 5.41) is 3.25. The number of likely N-dealkylation sites (tertiary alicyclic amines) is 2. The number of hydrogen-bond donors (Lipinski definition) is 1. The van der Waals surface area contributed by atoms with Crippen molar-refractivity contribution in [1.29, 1.82) is 0 Å². The van der Waals surface area contributed by atoms with E-state index >= 15 is 0 Å². The average Bonchev–Trinajstić information content (AvgIpc) is 3.16. The van der Waals surface area contributed by atoms with Crippen molar-refractivity contribution in [3.8, 4) is 5.75 Å². The first-order chi connectivity index (χ1) is 25.0. The molecule has 0 aliphatic carbocycles. The molecule has 1 amide bonds. The van der Waals surface area contributed by atoms with E-state index in [1.54, 1.807) is 12.4 Å². The van der Waals surface area contributed by atoms with Gasteiger partial charge in [0, 0.05) is 56.7 Å². The molecule has 0 unspecified atom stereocenters. The van der Waals surface area contributed by atoms with Crippen LogP contribution >= 0.6 is 0 Å². The lowest BCUT2D eigenvalue weighted by atomic mass is 9.86. The molecule has 2 aromatic carbocycles. The van der Waals surface area contributed by atoms with Gasteiger partial charge in [-0.1, -0.05) is 43.5 Å². The van der Waals surface area contributed by atoms with Crippen molar-refractivity contribution in [3.63, 3.8) is 0 Å². The fourth-order valence-electron chi connectivity index (χ4n) is 8.05. The van der Waals surface area contributed by atoms with Crippen LogP contribution in [0.2, 0.25) is 0 Å². The summed E-state index contributed by atoms with van der Waals surface area (Å²) >= 11 is 0. The topological polar surface area (TPSA) is 77.1 Å². The summed E-state index contributed by atoms with van der Waals surface area (Å²) in [6, 6.07) is 19.1. The number of nitrogens with one attached hydrogen (secondary N) is 1. The molecule has 3 aromatic rings. The van der Waals surface area contributed by atoms with Crippen LogP contribution in [0.15, 0.2) is 67.0 Å². The first-order valence-corrected chi connectivity index (χ1v) is 19.7. The van der Waals surface area contributed by atoms with Crippen LogP contribution in [-0.4, -0.2) is 103 Å². The summed E-state index contributed by atoms with van der Waals surface area (Å²) in [5.41, 5.74) is 3.44. The molecule has 6 rings (SSSR count). The zero-order chi connectivity index (χ0) is 35.3. The lowest BCUT2D eigenvalue weighted by Crippen LogP contribution is -2.45. The van der Waals surface area contributed by atoms with Gasteiger partial charge >= 0.3 is 0 Å². The van der Waals surface area contributed by atoms with Gasteiger partial charge in [-0.2, -0.15) is 0 Å². The molecule has 3 aliphatic heterocycles. The maximum atomic E-state index is 13.0. The van der Waals surface area contributed by atoms with Gasteiger partial charge < -0.3 is 19.9 Å². The maximum absolute atomic E-state index is 13.0. The third-order valence-electron chi connectivity index (χ3n) is 11.3. The Morgan fingerprint density at radius 2 is 1.29 bits per heavy atom. The molecule has 0 saturated carbocycles. The molecular weight excluding hydrogens is 635 g/mol. The molecule has 4 heterocycles. The number of benzene rings is 2. The quantitative estimate of drug-likeness (QED) is 0.170. The van der Waals surface area contributed by atoms with Gasteiger partial charge in [0.05, 0.1) is 6.61 Å². The number of amides is 1. The van der Waals surface area contributed by atoms with Gasteiger partial charge in [0.1, 0.15) is 5.75 Å². The highest BCUT2D eigenvalue weighted by Gasteiger charge is 2.24. The van der Waals surface area contributed by atoms with E-state index in [2.05, 4.69) is 85.4 Å². The normalized spacial score (nSPS) is 18.7. The minimum Gasteiger partial charge on any atom is -0.494 e. The first-order valence-electron chi connectivity index (χ1n) is 19.7. The lowest BCUT2D eigenvalue weighted by molar-refractivity contribution is 0.0931. The SMILES string of the molecule is CN(C)CCCOc1ccc(CN2CCC(CCCC3CCN(Cc4ccc(C(=O)NC5CCN(c6ncccn6)CC5)cc4)CC3)CC2)cc1. The van der Waals surface area contributed by atoms with Crippen LogP contribution in [0.3, 0.4) is 0 Å². The number of hydrogen-bond acceptors (Lipinski definition) is 8. The number of rotatable bonds is 16. The zero-order valence-corrected chi connectivity index (χ0v) is 31.2. The van der Waals surface area contributed by atoms with Crippen LogP contribution in [0.5, 0.6) is 5.75 Å². The number of carbonyl (C=O) groups excluding carboxylic acids is 1. The second kappa shape index (κ2) is 19.3. The molecule has 3 saturated heterocycles. The Bertz CT molecular complexity index is 1430. The molecule has 51 heavy (non-hydrogen) atoms. The van der Waals surface area contributed by atoms with E-state index in [4.69, 9.17) is 4.74 Å². The Balaban J connectivity index is 0.805. The Morgan fingerprint density at radius 1 is 0.745 bits per heavy atom. The monoisotopic (exact) mass is 695 g/mol. The number of piperidine rings is 3. The van der Waals surface area contributed by atoms with Crippen LogP contribution in [0.4, 0.5) is 5.95 Å². The summed E-state index contributed by atoms with van der Waals surface area (Å²) < 4.78 is 5.91. The van der Waals surface area contributed by atoms with Crippen molar-refractivity contribution in [2.24, 2.45) is 11.8 Å². The summed E-state index contributed by atoms with van der Waals surface area (Å²) in [6.07, 6.45) is 15.9. The smallest absolute Gasteiger partial charge is 0.251 e. The Morgan fingerprint density at radius 3 is 1.84 bits per heavy atom. The minimum absolute atomic E-state index is 0.0287. The molecule has 0 bridgehead atoms. The van der Waals surface area contributed by atoms with Crippen LogP contribution in [0.25, 0.3) is 0 Å². The Labute approximate surface area is 306 Å². The molecule has 9 heteroatoms. The summed E-state index contributed by atoms with van der Waals surface area (Å²) in [6.45, 7) is 10.4. The predicted molar refractivity (Wildman–Crippen MR) is 206 cm³/mol. The number of aromatic nitrogens is 2. The maximum Gasteiger partial charge on any atom is 0.251 e. The summed E-state index contributed by atoms with van der Waals surface area (Å²) in [7, 11) is 4.21. The highest BCUT2D eigenvalue weighted by atomic mass is 16.5. The molecule has 0 spiro atoms. The van der Waals surface area contributed by atoms with E-state index in [9.17, 15) is 4.79 Å². The standard InChI is InChI=1S/C42H61N7O2/c1-46(2)24-5-31-51-40-14-10-37(11-15-40)33-48-27-18-35(19-28-48)7-3-6-34-16-25-47(26-17-34)32-36-8-12-38(13-9-36)41(50)45-39-20-29-49(30-21-39)42-43-22-4-23-44-42/h4,8-15,22-23,34-35,39H,3,5-7,16-21,24-33H2,1-2H3,(H,45,50). The van der Waals surface area contributed by atoms with Crippen molar-refractivity contribution in [2.75, 3.05) is 71.4 Å². The van der Waals surface area contributed by atoms with Crippen LogP contribution in [-0.2, 0) is 13.1 Å². The largest absolute Gasteiger partial charge is 0.494 e. The molecule has 0 atom stereocenters.